The van der Waals surface area contributed by atoms with Crippen LogP contribution < -0.4 is 21.9 Å². The van der Waals surface area contributed by atoms with Crippen molar-refractivity contribution in [2.75, 3.05) is 0 Å². The maximum atomic E-state index is 11.7. The molecule has 0 saturated heterocycles. The highest BCUT2D eigenvalue weighted by Crippen LogP contribution is 1.82. The van der Waals surface area contributed by atoms with Crippen LogP contribution in [0.4, 0.5) is 0 Å². The Morgan fingerprint density at radius 3 is 2.42 bits per heavy atom. The maximum absolute atomic E-state index is 11.7. The number of aromatic nitrogens is 3. The number of nitrogens with zero attached hydrogens (tertiary/aromatic N) is 2. The van der Waals surface area contributed by atoms with Gasteiger partial charge in [-0.3, -0.25) is 9.78 Å². The van der Waals surface area contributed by atoms with Crippen LogP contribution in [0.2, 0.25) is 0 Å². The number of aliphatic carboxylic acids is 1. The molecule has 1 heterocycles. The minimum Gasteiger partial charge on any atom is -0.481 e. The lowest BCUT2D eigenvalue weighted by Gasteiger charge is -2.06. The molecule has 1 aromatic heterocycles. The second-order valence-corrected chi connectivity index (χ2v) is 3.42. The van der Waals surface area contributed by atoms with Gasteiger partial charge in [-0.15, -0.1) is 0 Å². The molecule has 1 aromatic rings. The van der Waals surface area contributed by atoms with Crippen molar-refractivity contribution in [3.63, 3.8) is 0 Å². The summed E-state index contributed by atoms with van der Waals surface area (Å²) in [6.45, 7) is 0.996. The van der Waals surface area contributed by atoms with Gasteiger partial charge in [0.25, 0.3) is 0 Å². The van der Waals surface area contributed by atoms with Gasteiger partial charge in [-0.25, -0.2) is 23.7 Å². The molecule has 10 heteroatoms. The van der Waals surface area contributed by atoms with E-state index in [1.807, 2.05) is 0 Å². The van der Waals surface area contributed by atoms with Gasteiger partial charge in [0.1, 0.15) is 0 Å². The fourth-order valence-electron chi connectivity index (χ4n) is 1.14. The van der Waals surface area contributed by atoms with Crippen LogP contribution in [0.5, 0.6) is 0 Å². The summed E-state index contributed by atoms with van der Waals surface area (Å²) in [5.41, 5.74) is -3.49. The average Bonchev–Trinajstić information content (AvgIpc) is 2.33. The predicted octanol–water partition coefficient (Wildman–Crippen LogP) is -2.46. The van der Waals surface area contributed by atoms with Crippen LogP contribution in [0, 0.1) is 0 Å². The molecule has 0 aliphatic carbocycles. The highest BCUT2D eigenvalue weighted by Gasteiger charge is 2.14. The summed E-state index contributed by atoms with van der Waals surface area (Å²) < 4.78 is 0.535. The largest absolute Gasteiger partial charge is 0.481 e. The number of nitrogens with one attached hydrogen (secondary N) is 1. The molecule has 0 aliphatic rings. The van der Waals surface area contributed by atoms with Crippen molar-refractivity contribution in [2.24, 2.45) is 0 Å². The monoisotopic (exact) mass is 273 g/mol. The SMILES string of the molecule is CCC(=O)On1c(=O)[nH]c(=O)n(CCC(=O)O)c1=O. The van der Waals surface area contributed by atoms with Crippen molar-refractivity contribution in [3.05, 3.63) is 31.5 Å². The van der Waals surface area contributed by atoms with E-state index in [1.54, 1.807) is 4.98 Å². The van der Waals surface area contributed by atoms with Crippen LogP contribution in [0.1, 0.15) is 19.8 Å². The molecule has 0 amide bonds. The van der Waals surface area contributed by atoms with Gasteiger partial charge in [-0.05, 0) is 0 Å². The molecule has 0 saturated carbocycles. The third kappa shape index (κ3) is 3.40. The zero-order valence-electron chi connectivity index (χ0n) is 9.91. The number of hydrogen-bond donors (Lipinski definition) is 2. The summed E-state index contributed by atoms with van der Waals surface area (Å²) >= 11 is 0. The first kappa shape index (κ1) is 14.4. The number of carboxylic acid groups (broad SMARTS) is 1. The summed E-state index contributed by atoms with van der Waals surface area (Å²) in [7, 11) is 0. The Morgan fingerprint density at radius 1 is 1.26 bits per heavy atom. The van der Waals surface area contributed by atoms with E-state index in [1.165, 1.54) is 6.92 Å². The molecule has 1 rings (SSSR count). The molecule has 0 atom stereocenters. The number of rotatable bonds is 5. The van der Waals surface area contributed by atoms with Gasteiger partial charge in [0.2, 0.25) is 0 Å². The van der Waals surface area contributed by atoms with Gasteiger partial charge in [0.05, 0.1) is 6.42 Å². The van der Waals surface area contributed by atoms with Crippen LogP contribution in [0.15, 0.2) is 14.4 Å². The van der Waals surface area contributed by atoms with Crippen molar-refractivity contribution in [3.8, 4) is 0 Å². The Labute approximate surface area is 104 Å². The zero-order valence-corrected chi connectivity index (χ0v) is 9.91. The first-order chi connectivity index (χ1) is 8.86. The molecular formula is C9H11N3O7. The van der Waals surface area contributed by atoms with Crippen LogP contribution in [-0.2, 0) is 16.1 Å². The highest BCUT2D eigenvalue weighted by molar-refractivity contribution is 5.69. The smallest absolute Gasteiger partial charge is 0.370 e. The quantitative estimate of drug-likeness (QED) is 0.606. The number of carbonyl (C=O) groups excluding carboxylic acids is 1. The Kier molecular flexibility index (Phi) is 4.40. The minimum absolute atomic E-state index is 0.0785. The van der Waals surface area contributed by atoms with Crippen molar-refractivity contribution in [2.45, 2.75) is 26.3 Å². The van der Waals surface area contributed by atoms with Crippen LogP contribution >= 0.6 is 0 Å². The van der Waals surface area contributed by atoms with E-state index >= 15 is 0 Å². The van der Waals surface area contributed by atoms with E-state index in [0.29, 0.717) is 4.57 Å². The first-order valence-corrected chi connectivity index (χ1v) is 5.26. The second kappa shape index (κ2) is 5.80. The number of carboxylic acids is 1. The highest BCUT2D eigenvalue weighted by atomic mass is 16.7. The van der Waals surface area contributed by atoms with Gasteiger partial charge in [-0.1, -0.05) is 11.7 Å². The lowest BCUT2D eigenvalue weighted by Crippen LogP contribution is -2.52. The summed E-state index contributed by atoms with van der Waals surface area (Å²) in [5, 5.41) is 8.48. The third-order valence-corrected chi connectivity index (χ3v) is 2.08. The van der Waals surface area contributed by atoms with Gasteiger partial charge in [0, 0.05) is 13.0 Å². The van der Waals surface area contributed by atoms with Crippen LogP contribution in [-0.4, -0.2) is 31.3 Å². The normalized spacial score (nSPS) is 10.2. The molecule has 0 fully saturated rings. The molecule has 0 aromatic carbocycles. The van der Waals surface area contributed by atoms with E-state index in [9.17, 15) is 24.0 Å². The molecule has 104 valence electrons. The van der Waals surface area contributed by atoms with Crippen molar-refractivity contribution >= 4 is 11.9 Å². The Morgan fingerprint density at radius 2 is 1.89 bits per heavy atom. The van der Waals surface area contributed by atoms with E-state index in [0.717, 1.165) is 0 Å². The topological polar surface area (TPSA) is 140 Å². The standard InChI is InChI=1S/C9H11N3O7/c1-2-6(15)19-12-8(17)10-7(16)11(9(12)18)4-3-5(13)14/h2-4H2,1H3,(H,13,14)(H,10,16,17). The molecule has 0 bridgehead atoms. The summed E-state index contributed by atoms with van der Waals surface area (Å²) in [4.78, 5) is 62.0. The molecule has 0 radical (unpaired) electrons. The van der Waals surface area contributed by atoms with Gasteiger partial charge in [-0.2, -0.15) is 0 Å². The lowest BCUT2D eigenvalue weighted by molar-refractivity contribution is -0.145. The molecule has 0 aliphatic heterocycles. The number of hydrogen-bond acceptors (Lipinski definition) is 6. The lowest BCUT2D eigenvalue weighted by atomic mass is 10.4. The van der Waals surface area contributed by atoms with Crippen LogP contribution in [0.25, 0.3) is 0 Å². The van der Waals surface area contributed by atoms with Crippen LogP contribution in [0.3, 0.4) is 0 Å². The van der Waals surface area contributed by atoms with Gasteiger partial charge >= 0.3 is 29.0 Å². The second-order valence-electron chi connectivity index (χ2n) is 3.42. The third-order valence-electron chi connectivity index (χ3n) is 2.08. The maximum Gasteiger partial charge on any atom is 0.370 e. The Balaban J connectivity index is 3.27. The molecule has 2 N–H and O–H groups in total. The van der Waals surface area contributed by atoms with Crippen molar-refractivity contribution in [1.82, 2.24) is 14.3 Å². The van der Waals surface area contributed by atoms with E-state index in [4.69, 9.17) is 5.11 Å². The van der Waals surface area contributed by atoms with Gasteiger partial charge in [0.15, 0.2) is 0 Å². The van der Waals surface area contributed by atoms with Crippen molar-refractivity contribution in [1.29, 1.82) is 0 Å². The Bertz CT molecular complexity index is 666. The average molecular weight is 273 g/mol. The fourth-order valence-corrected chi connectivity index (χ4v) is 1.14. The molecular weight excluding hydrogens is 262 g/mol. The fraction of sp³-hybridized carbons (Fsp3) is 0.444. The predicted molar refractivity (Wildman–Crippen MR) is 59.7 cm³/mol. The van der Waals surface area contributed by atoms with E-state index in [2.05, 4.69) is 4.84 Å². The number of aromatic amines is 1. The molecule has 19 heavy (non-hydrogen) atoms. The molecule has 0 unspecified atom stereocenters. The summed E-state index contributed by atoms with van der Waals surface area (Å²) in [6, 6.07) is 0. The van der Waals surface area contributed by atoms with Crippen molar-refractivity contribution < 1.29 is 19.5 Å². The summed E-state index contributed by atoms with van der Waals surface area (Å²) in [5.74, 6) is -2.08. The first-order valence-electron chi connectivity index (χ1n) is 5.26. The number of H-pyrrole nitrogens is 1. The van der Waals surface area contributed by atoms with E-state index < -0.39 is 42.0 Å². The zero-order chi connectivity index (χ0) is 14.6. The Hall–Kier alpha value is -2.65. The minimum atomic E-state index is -1.23. The summed E-state index contributed by atoms with van der Waals surface area (Å²) in [6.07, 6.45) is -0.580. The van der Waals surface area contributed by atoms with Gasteiger partial charge < -0.3 is 9.94 Å². The number of carbonyl (C=O) groups is 2. The van der Waals surface area contributed by atoms with E-state index in [-0.39, 0.29) is 11.2 Å². The molecule has 10 nitrogen and oxygen atoms in total. The molecule has 0 spiro atoms.